The van der Waals surface area contributed by atoms with Gasteiger partial charge < -0.3 is 0 Å². The fraction of sp³-hybridized carbons (Fsp3) is 0.143. The topological polar surface area (TPSA) is 30.0 Å². The Morgan fingerprint density at radius 3 is 2.60 bits per heavy atom. The van der Waals surface area contributed by atoms with Gasteiger partial charge in [-0.05, 0) is 0 Å². The van der Waals surface area contributed by atoms with Gasteiger partial charge in [-0.25, -0.2) is 0 Å². The SMILES string of the molecule is O=C(C[Se])c1ccncc1. The number of aromatic nitrogens is 1. The second kappa shape index (κ2) is 3.49. The molecule has 0 spiro atoms. The predicted octanol–water partition coefficient (Wildman–Crippen LogP) is 0.851. The van der Waals surface area contributed by atoms with Crippen molar-refractivity contribution in [1.82, 2.24) is 4.98 Å². The van der Waals surface area contributed by atoms with E-state index in [1.807, 2.05) is 0 Å². The number of hydrogen-bond donors (Lipinski definition) is 0. The van der Waals surface area contributed by atoms with Gasteiger partial charge in [0.2, 0.25) is 0 Å². The van der Waals surface area contributed by atoms with Gasteiger partial charge in [0.25, 0.3) is 0 Å². The Morgan fingerprint density at radius 1 is 1.50 bits per heavy atom. The van der Waals surface area contributed by atoms with Crippen LogP contribution in [-0.4, -0.2) is 26.8 Å². The van der Waals surface area contributed by atoms with Gasteiger partial charge in [-0.3, -0.25) is 0 Å². The van der Waals surface area contributed by atoms with Crippen LogP contribution in [0, 0.1) is 0 Å². The molecule has 0 unspecified atom stereocenters. The average molecular weight is 199 g/mol. The molecule has 1 heterocycles. The Bertz CT molecular complexity index is 222. The molecule has 0 aliphatic carbocycles. The number of pyridine rings is 1. The van der Waals surface area contributed by atoms with E-state index in [4.69, 9.17) is 0 Å². The summed E-state index contributed by atoms with van der Waals surface area (Å²) in [5.74, 6) is 0.113. The number of ketones is 1. The van der Waals surface area contributed by atoms with Crippen LogP contribution in [0.2, 0.25) is 5.32 Å². The van der Waals surface area contributed by atoms with Gasteiger partial charge in [-0.2, -0.15) is 0 Å². The van der Waals surface area contributed by atoms with Crippen LogP contribution in [0.1, 0.15) is 10.4 Å². The Labute approximate surface area is 67.5 Å². The third-order valence-electron chi connectivity index (χ3n) is 1.13. The average Bonchev–Trinajstić information content (AvgIpc) is 2.05. The number of carbonyl (C=O) groups is 1. The van der Waals surface area contributed by atoms with Gasteiger partial charge in [0.15, 0.2) is 0 Å². The van der Waals surface area contributed by atoms with Crippen molar-refractivity contribution in [2.45, 2.75) is 5.32 Å². The fourth-order valence-corrected chi connectivity index (χ4v) is 0.971. The van der Waals surface area contributed by atoms with Crippen LogP contribution in [0.3, 0.4) is 0 Å². The third kappa shape index (κ3) is 1.66. The van der Waals surface area contributed by atoms with Crippen LogP contribution >= 0.6 is 0 Å². The maximum absolute atomic E-state index is 11.0. The molecule has 3 heteroatoms. The van der Waals surface area contributed by atoms with Crippen LogP contribution in [0.15, 0.2) is 24.5 Å². The van der Waals surface area contributed by atoms with Crippen LogP contribution in [0.25, 0.3) is 0 Å². The van der Waals surface area contributed by atoms with E-state index in [9.17, 15) is 4.79 Å². The van der Waals surface area contributed by atoms with E-state index in [1.165, 1.54) is 0 Å². The molecule has 0 fully saturated rings. The molecule has 0 saturated carbocycles. The minimum atomic E-state index is 0.113. The second-order valence-corrected chi connectivity index (χ2v) is 2.41. The third-order valence-corrected chi connectivity index (χ3v) is 1.68. The van der Waals surface area contributed by atoms with Crippen molar-refractivity contribution in [3.05, 3.63) is 30.1 Å². The van der Waals surface area contributed by atoms with E-state index in [-0.39, 0.29) is 5.78 Å². The molecule has 0 aromatic carbocycles. The normalized spacial score (nSPS) is 9.30. The summed E-state index contributed by atoms with van der Waals surface area (Å²) in [5.41, 5.74) is 0.716. The fourth-order valence-electron chi connectivity index (χ4n) is 0.621. The molecule has 51 valence electrons. The first-order valence-corrected chi connectivity index (χ1v) is 4.07. The zero-order chi connectivity index (χ0) is 7.40. The summed E-state index contributed by atoms with van der Waals surface area (Å²) in [7, 11) is 0. The minimum absolute atomic E-state index is 0.113. The quantitative estimate of drug-likeness (QED) is 0.522. The van der Waals surface area contributed by atoms with Crippen molar-refractivity contribution in [1.29, 1.82) is 0 Å². The van der Waals surface area contributed by atoms with Gasteiger partial charge in [-0.15, -0.1) is 0 Å². The van der Waals surface area contributed by atoms with Gasteiger partial charge in [0.1, 0.15) is 0 Å². The van der Waals surface area contributed by atoms with Crippen LogP contribution < -0.4 is 0 Å². The van der Waals surface area contributed by atoms with Gasteiger partial charge in [0, 0.05) is 0 Å². The first-order valence-electron chi connectivity index (χ1n) is 2.86. The standard InChI is InChI=1S/C7H6NOSe/c9-7(5-10)6-1-3-8-4-2-6/h1-4H,5H2. The molecule has 0 aliphatic heterocycles. The molecule has 0 saturated heterocycles. The Kier molecular flexibility index (Phi) is 2.60. The van der Waals surface area contributed by atoms with Gasteiger partial charge in [0.05, 0.1) is 0 Å². The van der Waals surface area contributed by atoms with Crippen molar-refractivity contribution in [3.8, 4) is 0 Å². The van der Waals surface area contributed by atoms with E-state index < -0.39 is 0 Å². The zero-order valence-electron chi connectivity index (χ0n) is 5.28. The molecule has 0 N–H and O–H groups in total. The molecule has 1 radical (unpaired) electrons. The summed E-state index contributed by atoms with van der Waals surface area (Å²) < 4.78 is 0. The molecule has 0 atom stereocenters. The van der Waals surface area contributed by atoms with Crippen LogP contribution in [0.4, 0.5) is 0 Å². The summed E-state index contributed by atoms with van der Waals surface area (Å²) in [6.07, 6.45) is 3.23. The number of carbonyl (C=O) groups excluding carboxylic acids is 1. The Hall–Kier alpha value is -0.661. The van der Waals surface area contributed by atoms with Crippen molar-refractivity contribution < 1.29 is 4.79 Å². The van der Waals surface area contributed by atoms with Crippen molar-refractivity contribution >= 4 is 21.8 Å². The van der Waals surface area contributed by atoms with E-state index in [1.54, 1.807) is 24.5 Å². The molecule has 0 aliphatic rings. The molecule has 10 heavy (non-hydrogen) atoms. The van der Waals surface area contributed by atoms with E-state index >= 15 is 0 Å². The molecular weight excluding hydrogens is 193 g/mol. The molecule has 1 aromatic heterocycles. The molecule has 1 aromatic rings. The molecule has 0 bridgehead atoms. The zero-order valence-corrected chi connectivity index (χ0v) is 6.99. The molecule has 2 nitrogen and oxygen atoms in total. The Morgan fingerprint density at radius 2 is 2.10 bits per heavy atom. The van der Waals surface area contributed by atoms with Gasteiger partial charge >= 0.3 is 67.0 Å². The molecule has 1 rings (SSSR count). The van der Waals surface area contributed by atoms with E-state index in [0.29, 0.717) is 10.9 Å². The second-order valence-electron chi connectivity index (χ2n) is 1.80. The van der Waals surface area contributed by atoms with Crippen LogP contribution in [0.5, 0.6) is 0 Å². The van der Waals surface area contributed by atoms with Crippen molar-refractivity contribution in [2.24, 2.45) is 0 Å². The number of Topliss-reactive ketones (excluding diaryl/α,β-unsaturated/α-hetero) is 1. The van der Waals surface area contributed by atoms with Crippen molar-refractivity contribution in [2.75, 3.05) is 0 Å². The first-order chi connectivity index (χ1) is 4.84. The predicted molar refractivity (Wildman–Crippen MR) is 39.1 cm³/mol. The molecular formula is C7H6NOSe. The number of nitrogens with zero attached hydrogens (tertiary/aromatic N) is 1. The summed E-state index contributed by atoms with van der Waals surface area (Å²) in [4.78, 5) is 14.8. The van der Waals surface area contributed by atoms with Crippen LogP contribution in [-0.2, 0) is 0 Å². The Balaban J connectivity index is 2.85. The molecule has 0 amide bonds. The summed E-state index contributed by atoms with van der Waals surface area (Å²) >= 11 is 2.67. The monoisotopic (exact) mass is 200 g/mol. The maximum atomic E-state index is 11.0. The van der Waals surface area contributed by atoms with Gasteiger partial charge in [-0.1, -0.05) is 0 Å². The number of hydrogen-bond acceptors (Lipinski definition) is 2. The first kappa shape index (κ1) is 7.45. The van der Waals surface area contributed by atoms with E-state index in [0.717, 1.165) is 0 Å². The summed E-state index contributed by atoms with van der Waals surface area (Å²) in [6.45, 7) is 0. The summed E-state index contributed by atoms with van der Waals surface area (Å²) in [5, 5.41) is 0.435. The van der Waals surface area contributed by atoms with E-state index in [2.05, 4.69) is 21.0 Å². The summed E-state index contributed by atoms with van der Waals surface area (Å²) in [6, 6.07) is 3.42. The number of rotatable bonds is 2. The van der Waals surface area contributed by atoms with Crippen molar-refractivity contribution in [3.63, 3.8) is 0 Å².